The molecule has 4 aromatic rings. The Morgan fingerprint density at radius 1 is 1.00 bits per heavy atom. The number of anilines is 3. The molecule has 4 rings (SSSR count). The van der Waals surface area contributed by atoms with Crippen LogP contribution in [0.2, 0.25) is 0 Å². The minimum absolute atomic E-state index is 0.424. The SMILES string of the molecule is COc1ccc(CCNc2cnnc(Nc3cccc4cccnc34)n2)cc1. The molecule has 2 aromatic heterocycles. The van der Waals surface area contributed by atoms with Crippen LogP contribution in [0, 0.1) is 0 Å². The van der Waals surface area contributed by atoms with Crippen LogP contribution in [0.25, 0.3) is 10.9 Å². The van der Waals surface area contributed by atoms with Gasteiger partial charge in [0.25, 0.3) is 0 Å². The average molecular weight is 372 g/mol. The molecule has 0 aliphatic carbocycles. The Morgan fingerprint density at radius 2 is 1.86 bits per heavy atom. The average Bonchev–Trinajstić information content (AvgIpc) is 2.75. The summed E-state index contributed by atoms with van der Waals surface area (Å²) < 4.78 is 5.18. The van der Waals surface area contributed by atoms with Gasteiger partial charge >= 0.3 is 0 Å². The smallest absolute Gasteiger partial charge is 0.249 e. The summed E-state index contributed by atoms with van der Waals surface area (Å²) in [5.41, 5.74) is 2.93. The highest BCUT2D eigenvalue weighted by molar-refractivity contribution is 5.91. The number of nitrogens with zero attached hydrogens (tertiary/aromatic N) is 4. The minimum atomic E-state index is 0.424. The lowest BCUT2D eigenvalue weighted by Gasteiger charge is -2.09. The lowest BCUT2D eigenvalue weighted by molar-refractivity contribution is 0.414. The monoisotopic (exact) mass is 372 g/mol. The van der Waals surface area contributed by atoms with E-state index in [1.54, 1.807) is 19.5 Å². The van der Waals surface area contributed by atoms with Crippen LogP contribution in [0.1, 0.15) is 5.56 Å². The van der Waals surface area contributed by atoms with Crippen LogP contribution in [0.5, 0.6) is 5.75 Å². The third-order valence-electron chi connectivity index (χ3n) is 4.32. The molecule has 0 bridgehead atoms. The molecular formula is C21H20N6O. The standard InChI is InChI=1S/C21H20N6O/c1-28-17-9-7-15(8-10-17)11-13-22-19-14-24-27-21(26-19)25-18-6-2-4-16-5-3-12-23-20(16)18/h2-10,12,14H,11,13H2,1H3,(H2,22,25,26,27). The Hall–Kier alpha value is -3.74. The van der Waals surface area contributed by atoms with Crippen molar-refractivity contribution in [2.24, 2.45) is 0 Å². The Labute approximate surface area is 162 Å². The minimum Gasteiger partial charge on any atom is -0.497 e. The lowest BCUT2D eigenvalue weighted by atomic mass is 10.1. The molecule has 0 spiro atoms. The van der Waals surface area contributed by atoms with Gasteiger partial charge in [-0.3, -0.25) is 4.98 Å². The molecule has 0 saturated heterocycles. The molecule has 0 aliphatic heterocycles. The van der Waals surface area contributed by atoms with Crippen LogP contribution in [0.4, 0.5) is 17.5 Å². The van der Waals surface area contributed by atoms with Crippen LogP contribution in [0.3, 0.4) is 0 Å². The summed E-state index contributed by atoms with van der Waals surface area (Å²) in [6.45, 7) is 0.736. The molecule has 0 aliphatic rings. The second kappa shape index (κ2) is 8.30. The summed E-state index contributed by atoms with van der Waals surface area (Å²) in [5, 5.41) is 15.6. The Kier molecular flexibility index (Phi) is 5.24. The second-order valence-electron chi connectivity index (χ2n) is 6.20. The first-order chi connectivity index (χ1) is 13.8. The van der Waals surface area contributed by atoms with E-state index in [9.17, 15) is 0 Å². The summed E-state index contributed by atoms with van der Waals surface area (Å²) >= 11 is 0. The molecule has 0 radical (unpaired) electrons. The molecule has 28 heavy (non-hydrogen) atoms. The van der Waals surface area contributed by atoms with Gasteiger partial charge in [0.2, 0.25) is 5.95 Å². The normalized spacial score (nSPS) is 10.6. The highest BCUT2D eigenvalue weighted by Gasteiger charge is 2.05. The van der Waals surface area contributed by atoms with Gasteiger partial charge in [-0.05, 0) is 36.2 Å². The number of hydrogen-bond acceptors (Lipinski definition) is 7. The maximum atomic E-state index is 5.18. The molecular weight excluding hydrogens is 352 g/mol. The van der Waals surface area contributed by atoms with Gasteiger partial charge in [0.05, 0.1) is 24.5 Å². The van der Waals surface area contributed by atoms with Crippen molar-refractivity contribution >= 4 is 28.4 Å². The Balaban J connectivity index is 1.41. The van der Waals surface area contributed by atoms with Crippen molar-refractivity contribution in [2.45, 2.75) is 6.42 Å². The van der Waals surface area contributed by atoms with E-state index in [1.165, 1.54) is 5.56 Å². The summed E-state index contributed by atoms with van der Waals surface area (Å²) in [6, 6.07) is 17.9. The highest BCUT2D eigenvalue weighted by atomic mass is 16.5. The van der Waals surface area contributed by atoms with E-state index in [4.69, 9.17) is 4.74 Å². The van der Waals surface area contributed by atoms with E-state index in [2.05, 4.69) is 42.9 Å². The van der Waals surface area contributed by atoms with Gasteiger partial charge in [-0.25, -0.2) is 0 Å². The summed E-state index contributed by atoms with van der Waals surface area (Å²) in [6.07, 6.45) is 4.24. The van der Waals surface area contributed by atoms with Gasteiger partial charge in [-0.2, -0.15) is 10.1 Å². The zero-order valence-electron chi connectivity index (χ0n) is 15.5. The number of hydrogen-bond donors (Lipinski definition) is 2. The van der Waals surface area contributed by atoms with Gasteiger partial charge in [-0.15, -0.1) is 5.10 Å². The van der Waals surface area contributed by atoms with Crippen molar-refractivity contribution in [1.29, 1.82) is 0 Å². The molecule has 0 atom stereocenters. The number of fused-ring (bicyclic) bond motifs is 1. The molecule has 2 N–H and O–H groups in total. The molecule has 0 saturated carbocycles. The largest absolute Gasteiger partial charge is 0.497 e. The van der Waals surface area contributed by atoms with Gasteiger partial charge in [-0.1, -0.05) is 30.3 Å². The third kappa shape index (κ3) is 4.15. The number of nitrogens with one attached hydrogen (secondary N) is 2. The van der Waals surface area contributed by atoms with Gasteiger partial charge in [0.1, 0.15) is 5.75 Å². The van der Waals surface area contributed by atoms with E-state index >= 15 is 0 Å². The van der Waals surface area contributed by atoms with Crippen molar-refractivity contribution in [3.05, 3.63) is 72.6 Å². The zero-order chi connectivity index (χ0) is 19.2. The van der Waals surface area contributed by atoms with Crippen LogP contribution >= 0.6 is 0 Å². The molecule has 0 amide bonds. The van der Waals surface area contributed by atoms with E-state index in [0.29, 0.717) is 11.8 Å². The third-order valence-corrected chi connectivity index (χ3v) is 4.32. The fourth-order valence-corrected chi connectivity index (χ4v) is 2.89. The number of pyridine rings is 1. The quantitative estimate of drug-likeness (QED) is 0.510. The lowest BCUT2D eigenvalue weighted by Crippen LogP contribution is -2.09. The van der Waals surface area contributed by atoms with Gasteiger partial charge in [0.15, 0.2) is 5.82 Å². The van der Waals surface area contributed by atoms with Gasteiger partial charge in [0, 0.05) is 18.1 Å². The molecule has 140 valence electrons. The maximum Gasteiger partial charge on any atom is 0.249 e. The molecule has 0 unspecified atom stereocenters. The predicted octanol–water partition coefficient (Wildman–Crippen LogP) is 3.83. The van der Waals surface area contributed by atoms with E-state index in [1.807, 2.05) is 42.5 Å². The Bertz CT molecular complexity index is 1060. The first kappa shape index (κ1) is 17.7. The zero-order valence-corrected chi connectivity index (χ0v) is 15.5. The van der Waals surface area contributed by atoms with Gasteiger partial charge < -0.3 is 15.4 Å². The number of benzene rings is 2. The highest BCUT2D eigenvalue weighted by Crippen LogP contribution is 2.23. The Morgan fingerprint density at radius 3 is 2.71 bits per heavy atom. The van der Waals surface area contributed by atoms with E-state index in [0.717, 1.165) is 35.3 Å². The number of methoxy groups -OCH3 is 1. The van der Waals surface area contributed by atoms with Crippen molar-refractivity contribution in [2.75, 3.05) is 24.3 Å². The molecule has 2 aromatic carbocycles. The number of ether oxygens (including phenoxy) is 1. The van der Waals surface area contributed by atoms with Crippen molar-refractivity contribution in [3.8, 4) is 5.75 Å². The summed E-state index contributed by atoms with van der Waals surface area (Å²) in [7, 11) is 1.67. The first-order valence-electron chi connectivity index (χ1n) is 8.99. The second-order valence-corrected chi connectivity index (χ2v) is 6.20. The van der Waals surface area contributed by atoms with Crippen molar-refractivity contribution < 1.29 is 4.74 Å². The predicted molar refractivity (Wildman–Crippen MR) is 110 cm³/mol. The summed E-state index contributed by atoms with van der Waals surface area (Å²) in [4.78, 5) is 8.92. The summed E-state index contributed by atoms with van der Waals surface area (Å²) in [5.74, 6) is 1.95. The number of rotatable bonds is 7. The van der Waals surface area contributed by atoms with Crippen LogP contribution in [-0.2, 0) is 6.42 Å². The van der Waals surface area contributed by atoms with Crippen LogP contribution in [0.15, 0.2) is 67.0 Å². The van der Waals surface area contributed by atoms with Crippen LogP contribution < -0.4 is 15.4 Å². The fraction of sp³-hybridized carbons (Fsp3) is 0.143. The van der Waals surface area contributed by atoms with E-state index in [-0.39, 0.29) is 0 Å². The van der Waals surface area contributed by atoms with E-state index < -0.39 is 0 Å². The van der Waals surface area contributed by atoms with Crippen LogP contribution in [-0.4, -0.2) is 33.8 Å². The topological polar surface area (TPSA) is 84.9 Å². The molecule has 7 heteroatoms. The molecule has 7 nitrogen and oxygen atoms in total. The number of para-hydroxylation sites is 1. The first-order valence-corrected chi connectivity index (χ1v) is 8.99. The van der Waals surface area contributed by atoms with Crippen molar-refractivity contribution in [3.63, 3.8) is 0 Å². The molecule has 2 heterocycles. The maximum absolute atomic E-state index is 5.18. The van der Waals surface area contributed by atoms with Crippen molar-refractivity contribution in [1.82, 2.24) is 20.2 Å². The fourth-order valence-electron chi connectivity index (χ4n) is 2.89. The molecule has 0 fully saturated rings. The number of aromatic nitrogens is 4.